The first kappa shape index (κ1) is 14.2. The highest BCUT2D eigenvalue weighted by Gasteiger charge is 2.21. The van der Waals surface area contributed by atoms with Crippen LogP contribution in [0.3, 0.4) is 0 Å². The van der Waals surface area contributed by atoms with E-state index in [-0.39, 0.29) is 4.90 Å². The van der Waals surface area contributed by atoms with Gasteiger partial charge in [0.15, 0.2) is 0 Å². The average molecular weight is 465 g/mol. The summed E-state index contributed by atoms with van der Waals surface area (Å²) in [6, 6.07) is 8.72. The Balaban J connectivity index is 2.26. The number of nitrogens with zero attached hydrogens (tertiary/aromatic N) is 1. The maximum absolute atomic E-state index is 12.7. The first-order valence-electron chi connectivity index (χ1n) is 5.77. The highest BCUT2D eigenvalue weighted by molar-refractivity contribution is 14.1. The van der Waals surface area contributed by atoms with Gasteiger partial charge in [-0.25, -0.2) is 12.4 Å². The van der Waals surface area contributed by atoms with Gasteiger partial charge in [0.25, 0.3) is 10.0 Å². The van der Waals surface area contributed by atoms with Gasteiger partial charge in [-0.05, 0) is 63.6 Å². The number of H-pyrrole nitrogens is 1. The molecule has 0 unspecified atom stereocenters. The summed E-state index contributed by atoms with van der Waals surface area (Å²) in [5, 5.41) is 0.883. The Labute approximate surface area is 138 Å². The molecule has 0 aliphatic rings. The van der Waals surface area contributed by atoms with E-state index in [4.69, 9.17) is 0 Å². The molecule has 0 saturated carbocycles. The molecule has 20 heavy (non-hydrogen) atoms. The number of aryl methyl sites for hydroxylation is 1. The molecule has 0 aliphatic heterocycles. The van der Waals surface area contributed by atoms with E-state index >= 15 is 0 Å². The fourth-order valence-electron chi connectivity index (χ4n) is 2.02. The van der Waals surface area contributed by atoms with Gasteiger partial charge >= 0.3 is 0 Å². The van der Waals surface area contributed by atoms with E-state index in [2.05, 4.69) is 43.5 Å². The fourth-order valence-corrected chi connectivity index (χ4v) is 4.65. The lowest BCUT2D eigenvalue weighted by molar-refractivity contribution is 0.588. The standard InChI is InChI=1S/C13H10BrIN2O2S/c1-8-2-4-9(5-3-8)20(18,19)17-7-11(15)10-6-12(14)16-13(10)17/h2-7,16H,1H3. The Morgan fingerprint density at radius 2 is 1.90 bits per heavy atom. The molecule has 0 bridgehead atoms. The molecular weight excluding hydrogens is 455 g/mol. The molecule has 3 aromatic rings. The monoisotopic (exact) mass is 464 g/mol. The zero-order chi connectivity index (χ0) is 14.5. The lowest BCUT2D eigenvalue weighted by atomic mass is 10.2. The summed E-state index contributed by atoms with van der Waals surface area (Å²) in [5.41, 5.74) is 1.60. The van der Waals surface area contributed by atoms with E-state index in [0.717, 1.165) is 19.1 Å². The van der Waals surface area contributed by atoms with Crippen molar-refractivity contribution in [1.82, 2.24) is 8.96 Å². The largest absolute Gasteiger partial charge is 0.335 e. The molecule has 1 N–H and O–H groups in total. The van der Waals surface area contributed by atoms with E-state index < -0.39 is 10.0 Å². The molecule has 0 aliphatic carbocycles. The van der Waals surface area contributed by atoms with Crippen LogP contribution in [0, 0.1) is 10.5 Å². The number of hydrogen-bond acceptors (Lipinski definition) is 2. The summed E-state index contributed by atoms with van der Waals surface area (Å²) in [7, 11) is -3.59. The molecule has 7 heteroatoms. The van der Waals surface area contributed by atoms with Crippen molar-refractivity contribution in [2.45, 2.75) is 11.8 Å². The maximum Gasteiger partial charge on any atom is 0.269 e. The second-order valence-corrected chi connectivity index (χ2v) is 8.30. The third-order valence-electron chi connectivity index (χ3n) is 3.05. The molecular formula is C13H10BrIN2O2S. The van der Waals surface area contributed by atoms with Gasteiger partial charge in [-0.2, -0.15) is 0 Å². The molecule has 4 nitrogen and oxygen atoms in total. The van der Waals surface area contributed by atoms with Crippen LogP contribution < -0.4 is 0 Å². The highest BCUT2D eigenvalue weighted by Crippen LogP contribution is 2.29. The molecule has 1 aromatic carbocycles. The number of aromatic nitrogens is 2. The highest BCUT2D eigenvalue weighted by atomic mass is 127. The van der Waals surface area contributed by atoms with Crippen LogP contribution in [0.2, 0.25) is 0 Å². The van der Waals surface area contributed by atoms with Gasteiger partial charge in [0.1, 0.15) is 5.65 Å². The molecule has 3 rings (SSSR count). The molecule has 2 aromatic heterocycles. The Kier molecular flexibility index (Phi) is 3.46. The topological polar surface area (TPSA) is 54.9 Å². The first-order valence-corrected chi connectivity index (χ1v) is 9.08. The Bertz CT molecular complexity index is 894. The van der Waals surface area contributed by atoms with Crippen LogP contribution in [0.4, 0.5) is 0 Å². The molecule has 2 heterocycles. The van der Waals surface area contributed by atoms with E-state index in [1.807, 2.05) is 13.0 Å². The fraction of sp³-hybridized carbons (Fsp3) is 0.0769. The first-order chi connectivity index (χ1) is 9.39. The lowest BCUT2D eigenvalue weighted by Crippen LogP contribution is -2.12. The summed E-state index contributed by atoms with van der Waals surface area (Å²) in [5.74, 6) is 0. The van der Waals surface area contributed by atoms with Crippen molar-refractivity contribution in [2.24, 2.45) is 0 Å². The van der Waals surface area contributed by atoms with Crippen molar-refractivity contribution < 1.29 is 8.42 Å². The normalized spacial score (nSPS) is 12.2. The van der Waals surface area contributed by atoms with Gasteiger partial charge in [0.05, 0.1) is 9.50 Å². The number of fused-ring (bicyclic) bond motifs is 1. The van der Waals surface area contributed by atoms with Crippen LogP contribution in [-0.4, -0.2) is 17.4 Å². The number of rotatable bonds is 2. The van der Waals surface area contributed by atoms with Crippen LogP contribution >= 0.6 is 38.5 Å². The van der Waals surface area contributed by atoms with Crippen molar-refractivity contribution in [3.63, 3.8) is 0 Å². The minimum absolute atomic E-state index is 0.280. The summed E-state index contributed by atoms with van der Waals surface area (Å²) in [6.45, 7) is 1.93. The van der Waals surface area contributed by atoms with Gasteiger partial charge < -0.3 is 4.98 Å². The quantitative estimate of drug-likeness (QED) is 0.585. The van der Waals surface area contributed by atoms with Crippen LogP contribution in [0.15, 0.2) is 46.0 Å². The second kappa shape index (κ2) is 4.88. The van der Waals surface area contributed by atoms with E-state index in [0.29, 0.717) is 5.65 Å². The summed E-state index contributed by atoms with van der Waals surface area (Å²) in [4.78, 5) is 3.31. The van der Waals surface area contributed by atoms with Gasteiger partial charge in [0.2, 0.25) is 0 Å². The van der Waals surface area contributed by atoms with Crippen molar-refractivity contribution in [1.29, 1.82) is 0 Å². The van der Waals surface area contributed by atoms with Gasteiger partial charge in [-0.3, -0.25) is 0 Å². The Morgan fingerprint density at radius 3 is 2.55 bits per heavy atom. The molecule has 0 spiro atoms. The molecule has 0 saturated heterocycles. The number of hydrogen-bond donors (Lipinski definition) is 1. The van der Waals surface area contributed by atoms with Gasteiger partial charge in [-0.15, -0.1) is 0 Å². The lowest BCUT2D eigenvalue weighted by Gasteiger charge is -2.06. The number of benzene rings is 1. The van der Waals surface area contributed by atoms with Crippen molar-refractivity contribution >= 4 is 59.6 Å². The SMILES string of the molecule is Cc1ccc(S(=O)(=O)n2cc(I)c3cc(Br)[nH]c32)cc1. The van der Waals surface area contributed by atoms with Crippen molar-refractivity contribution in [3.8, 4) is 0 Å². The summed E-state index contributed by atoms with van der Waals surface area (Å²) < 4.78 is 28.3. The van der Waals surface area contributed by atoms with Crippen LogP contribution in [0.5, 0.6) is 0 Å². The predicted octanol–water partition coefficient (Wildman–Crippen LogP) is 3.88. The van der Waals surface area contributed by atoms with E-state index in [1.54, 1.807) is 30.5 Å². The zero-order valence-corrected chi connectivity index (χ0v) is 15.0. The maximum atomic E-state index is 12.7. The van der Waals surface area contributed by atoms with Gasteiger partial charge in [0, 0.05) is 15.2 Å². The minimum Gasteiger partial charge on any atom is -0.335 e. The van der Waals surface area contributed by atoms with Gasteiger partial charge in [-0.1, -0.05) is 17.7 Å². The van der Waals surface area contributed by atoms with Crippen LogP contribution in [0.25, 0.3) is 11.0 Å². The Hall–Kier alpha value is -0.800. The zero-order valence-electron chi connectivity index (χ0n) is 10.4. The van der Waals surface area contributed by atoms with E-state index in [9.17, 15) is 8.42 Å². The van der Waals surface area contributed by atoms with Crippen molar-refractivity contribution in [2.75, 3.05) is 0 Å². The predicted molar refractivity (Wildman–Crippen MR) is 90.5 cm³/mol. The second-order valence-electron chi connectivity index (χ2n) is 4.47. The number of aromatic amines is 1. The van der Waals surface area contributed by atoms with Crippen LogP contribution in [0.1, 0.15) is 5.56 Å². The summed E-state index contributed by atoms with van der Waals surface area (Å²) >= 11 is 5.47. The van der Waals surface area contributed by atoms with Crippen LogP contribution in [-0.2, 0) is 10.0 Å². The molecule has 0 amide bonds. The summed E-state index contributed by atoms with van der Waals surface area (Å²) in [6.07, 6.45) is 1.63. The molecule has 0 fully saturated rings. The Morgan fingerprint density at radius 1 is 1.25 bits per heavy atom. The van der Waals surface area contributed by atoms with E-state index in [1.165, 1.54) is 3.97 Å². The van der Waals surface area contributed by atoms with Crippen molar-refractivity contribution in [3.05, 3.63) is 50.3 Å². The molecule has 0 radical (unpaired) electrons. The minimum atomic E-state index is -3.59. The third kappa shape index (κ3) is 2.21. The molecule has 104 valence electrons. The third-order valence-corrected chi connectivity index (χ3v) is 6.01. The average Bonchev–Trinajstić information content (AvgIpc) is 2.90. The molecule has 0 atom stereocenters. The number of nitrogens with one attached hydrogen (secondary N) is 1. The smallest absolute Gasteiger partial charge is 0.269 e. The number of halogens is 2.